The zero-order valence-electron chi connectivity index (χ0n) is 15.3. The number of nitrogens with one attached hydrogen (secondary N) is 2. The standard InChI is InChI=1S/C19H26N4O/c1-12(2)15-9-7-8-13(3)16(15)22-17(24)14-10-20-18(21-11-14)23-19(4,5)6/h7-12H,1-6H3,(H,22,24)(H,20,21,23). The van der Waals surface area contributed by atoms with Crippen molar-refractivity contribution in [1.82, 2.24) is 9.97 Å². The minimum atomic E-state index is -0.200. The van der Waals surface area contributed by atoms with Crippen LogP contribution in [0.1, 0.15) is 62.0 Å². The molecule has 0 radical (unpaired) electrons. The molecule has 24 heavy (non-hydrogen) atoms. The van der Waals surface area contributed by atoms with Crippen LogP contribution in [0.3, 0.4) is 0 Å². The summed E-state index contributed by atoms with van der Waals surface area (Å²) in [7, 11) is 0. The van der Waals surface area contributed by atoms with E-state index in [0.717, 1.165) is 16.8 Å². The van der Waals surface area contributed by atoms with E-state index in [9.17, 15) is 4.79 Å². The summed E-state index contributed by atoms with van der Waals surface area (Å²) in [6.45, 7) is 12.3. The van der Waals surface area contributed by atoms with E-state index in [-0.39, 0.29) is 11.4 Å². The van der Waals surface area contributed by atoms with E-state index in [0.29, 0.717) is 17.4 Å². The molecule has 1 aromatic heterocycles. The molecule has 0 aliphatic carbocycles. The summed E-state index contributed by atoms with van der Waals surface area (Å²) in [6, 6.07) is 6.05. The number of carbonyl (C=O) groups excluding carboxylic acids is 1. The van der Waals surface area contributed by atoms with Crippen molar-refractivity contribution in [3.05, 3.63) is 47.3 Å². The van der Waals surface area contributed by atoms with E-state index in [1.165, 1.54) is 0 Å². The highest BCUT2D eigenvalue weighted by Gasteiger charge is 2.15. The minimum absolute atomic E-state index is 0.128. The lowest BCUT2D eigenvalue weighted by Gasteiger charge is -2.20. The number of hydrogen-bond donors (Lipinski definition) is 2. The first kappa shape index (κ1) is 17.9. The van der Waals surface area contributed by atoms with Crippen molar-refractivity contribution in [3.63, 3.8) is 0 Å². The zero-order chi connectivity index (χ0) is 17.9. The molecular weight excluding hydrogens is 300 g/mol. The van der Waals surface area contributed by atoms with Gasteiger partial charge in [0.05, 0.1) is 5.56 Å². The Bertz CT molecular complexity index is 715. The van der Waals surface area contributed by atoms with Crippen molar-refractivity contribution in [2.24, 2.45) is 0 Å². The maximum absolute atomic E-state index is 12.5. The van der Waals surface area contributed by atoms with Crippen molar-refractivity contribution in [1.29, 1.82) is 0 Å². The van der Waals surface area contributed by atoms with E-state index in [1.807, 2.05) is 45.9 Å². The van der Waals surface area contributed by atoms with E-state index in [2.05, 4.69) is 34.4 Å². The van der Waals surface area contributed by atoms with Crippen LogP contribution in [-0.2, 0) is 0 Å². The van der Waals surface area contributed by atoms with Gasteiger partial charge in [-0.05, 0) is 44.7 Å². The van der Waals surface area contributed by atoms with E-state index in [4.69, 9.17) is 0 Å². The third-order valence-electron chi connectivity index (χ3n) is 3.57. The summed E-state index contributed by atoms with van der Waals surface area (Å²) in [5.74, 6) is 0.640. The van der Waals surface area contributed by atoms with Gasteiger partial charge in [0.25, 0.3) is 5.91 Å². The number of amides is 1. The van der Waals surface area contributed by atoms with Crippen LogP contribution in [0, 0.1) is 6.92 Å². The molecule has 0 aliphatic heterocycles. The number of aryl methyl sites for hydroxylation is 1. The molecule has 5 nitrogen and oxygen atoms in total. The number of benzene rings is 1. The molecule has 0 aliphatic rings. The van der Waals surface area contributed by atoms with Crippen LogP contribution in [0.4, 0.5) is 11.6 Å². The fourth-order valence-electron chi connectivity index (χ4n) is 2.37. The lowest BCUT2D eigenvalue weighted by Crippen LogP contribution is -2.27. The van der Waals surface area contributed by atoms with Crippen molar-refractivity contribution < 1.29 is 4.79 Å². The largest absolute Gasteiger partial charge is 0.350 e. The fraction of sp³-hybridized carbons (Fsp3) is 0.421. The summed E-state index contributed by atoms with van der Waals surface area (Å²) in [5, 5.41) is 6.18. The van der Waals surface area contributed by atoms with Gasteiger partial charge in [0.15, 0.2) is 0 Å². The molecule has 5 heteroatoms. The van der Waals surface area contributed by atoms with Gasteiger partial charge < -0.3 is 10.6 Å². The first-order valence-corrected chi connectivity index (χ1v) is 8.18. The van der Waals surface area contributed by atoms with Gasteiger partial charge in [0.2, 0.25) is 5.95 Å². The van der Waals surface area contributed by atoms with Crippen molar-refractivity contribution >= 4 is 17.5 Å². The normalized spacial score (nSPS) is 11.5. The molecule has 0 saturated carbocycles. The number of para-hydroxylation sites is 1. The van der Waals surface area contributed by atoms with Gasteiger partial charge in [0, 0.05) is 23.6 Å². The van der Waals surface area contributed by atoms with E-state index in [1.54, 1.807) is 12.4 Å². The number of nitrogens with zero attached hydrogens (tertiary/aromatic N) is 2. The highest BCUT2D eigenvalue weighted by molar-refractivity contribution is 6.04. The first-order valence-electron chi connectivity index (χ1n) is 8.18. The fourth-order valence-corrected chi connectivity index (χ4v) is 2.37. The van der Waals surface area contributed by atoms with Crippen LogP contribution in [0.5, 0.6) is 0 Å². The number of hydrogen-bond acceptors (Lipinski definition) is 4. The molecule has 0 atom stereocenters. The molecule has 2 rings (SSSR count). The van der Waals surface area contributed by atoms with Crippen molar-refractivity contribution in [2.45, 2.75) is 53.0 Å². The molecule has 0 fully saturated rings. The van der Waals surface area contributed by atoms with Crippen LogP contribution in [0.2, 0.25) is 0 Å². The van der Waals surface area contributed by atoms with Gasteiger partial charge in [0.1, 0.15) is 0 Å². The van der Waals surface area contributed by atoms with Gasteiger partial charge in [-0.15, -0.1) is 0 Å². The zero-order valence-corrected chi connectivity index (χ0v) is 15.3. The summed E-state index contributed by atoms with van der Waals surface area (Å²) in [5.41, 5.74) is 3.34. The maximum Gasteiger partial charge on any atom is 0.258 e. The predicted octanol–water partition coefficient (Wildman–Crippen LogP) is 4.37. The number of anilines is 2. The summed E-state index contributed by atoms with van der Waals surface area (Å²) in [6.07, 6.45) is 3.09. The molecule has 0 unspecified atom stereocenters. The van der Waals surface area contributed by atoms with Gasteiger partial charge >= 0.3 is 0 Å². The van der Waals surface area contributed by atoms with Gasteiger partial charge in [-0.2, -0.15) is 0 Å². The second kappa shape index (κ2) is 6.99. The molecular formula is C19H26N4O. The minimum Gasteiger partial charge on any atom is -0.350 e. The monoisotopic (exact) mass is 326 g/mol. The second-order valence-corrected chi connectivity index (χ2v) is 7.32. The Morgan fingerprint density at radius 1 is 1.12 bits per heavy atom. The topological polar surface area (TPSA) is 66.9 Å². The number of rotatable bonds is 4. The lowest BCUT2D eigenvalue weighted by molar-refractivity contribution is 0.102. The molecule has 1 aromatic carbocycles. The summed E-state index contributed by atoms with van der Waals surface area (Å²) < 4.78 is 0. The highest BCUT2D eigenvalue weighted by Crippen LogP contribution is 2.27. The van der Waals surface area contributed by atoms with Gasteiger partial charge in [-0.25, -0.2) is 9.97 Å². The molecule has 2 N–H and O–H groups in total. The molecule has 1 heterocycles. The Kier molecular flexibility index (Phi) is 5.22. The smallest absolute Gasteiger partial charge is 0.258 e. The van der Waals surface area contributed by atoms with Crippen molar-refractivity contribution in [3.8, 4) is 0 Å². The third kappa shape index (κ3) is 4.54. The van der Waals surface area contributed by atoms with Gasteiger partial charge in [-0.1, -0.05) is 32.0 Å². The van der Waals surface area contributed by atoms with Crippen LogP contribution < -0.4 is 10.6 Å². The third-order valence-corrected chi connectivity index (χ3v) is 3.57. The Hall–Kier alpha value is -2.43. The average Bonchev–Trinajstić information content (AvgIpc) is 2.48. The van der Waals surface area contributed by atoms with Gasteiger partial charge in [-0.3, -0.25) is 4.79 Å². The quantitative estimate of drug-likeness (QED) is 0.875. The van der Waals surface area contributed by atoms with Crippen LogP contribution in [0.25, 0.3) is 0 Å². The lowest BCUT2D eigenvalue weighted by atomic mass is 9.98. The Labute approximate surface area is 143 Å². The number of carbonyl (C=O) groups is 1. The highest BCUT2D eigenvalue weighted by atomic mass is 16.1. The Balaban J connectivity index is 2.19. The predicted molar refractivity (Wildman–Crippen MR) is 98.6 cm³/mol. The maximum atomic E-state index is 12.5. The molecule has 0 bridgehead atoms. The van der Waals surface area contributed by atoms with Crippen LogP contribution >= 0.6 is 0 Å². The van der Waals surface area contributed by atoms with E-state index >= 15 is 0 Å². The van der Waals surface area contributed by atoms with E-state index < -0.39 is 0 Å². The second-order valence-electron chi connectivity index (χ2n) is 7.32. The Morgan fingerprint density at radius 2 is 1.75 bits per heavy atom. The van der Waals surface area contributed by atoms with Crippen molar-refractivity contribution in [2.75, 3.05) is 10.6 Å². The number of aromatic nitrogens is 2. The Morgan fingerprint density at radius 3 is 2.29 bits per heavy atom. The molecule has 1 amide bonds. The average molecular weight is 326 g/mol. The molecule has 0 spiro atoms. The van der Waals surface area contributed by atoms with Crippen LogP contribution in [-0.4, -0.2) is 21.4 Å². The summed E-state index contributed by atoms with van der Waals surface area (Å²) in [4.78, 5) is 21.0. The molecule has 128 valence electrons. The first-order chi connectivity index (χ1) is 11.2. The van der Waals surface area contributed by atoms with Crippen LogP contribution in [0.15, 0.2) is 30.6 Å². The SMILES string of the molecule is Cc1cccc(C(C)C)c1NC(=O)c1cnc(NC(C)(C)C)nc1. The molecule has 0 saturated heterocycles. The molecule has 2 aromatic rings. The summed E-state index contributed by atoms with van der Waals surface area (Å²) >= 11 is 0.